The zero-order valence-corrected chi connectivity index (χ0v) is 12.9. The highest BCUT2D eigenvalue weighted by atomic mass is 79.9. The van der Waals surface area contributed by atoms with Gasteiger partial charge in [0.1, 0.15) is 5.75 Å². The van der Waals surface area contributed by atoms with Crippen molar-refractivity contribution < 1.29 is 9.53 Å². The predicted molar refractivity (Wildman–Crippen MR) is 80.4 cm³/mol. The lowest BCUT2D eigenvalue weighted by atomic mass is 10.3. The molecule has 0 aliphatic rings. The van der Waals surface area contributed by atoms with E-state index < -0.39 is 0 Å². The number of thiophene rings is 1. The molecule has 0 fully saturated rings. The lowest BCUT2D eigenvalue weighted by molar-refractivity contribution is -0.132. The summed E-state index contributed by atoms with van der Waals surface area (Å²) in [7, 11) is 1.78. The number of ether oxygens (including phenoxy) is 1. The molecule has 1 heterocycles. The second-order valence-electron chi connectivity index (χ2n) is 4.06. The number of carbonyl (C=O) groups is 1. The van der Waals surface area contributed by atoms with Crippen LogP contribution in [0.2, 0.25) is 0 Å². The molecule has 0 spiro atoms. The molecule has 0 N–H and O–H groups in total. The third-order valence-corrected chi connectivity index (χ3v) is 4.16. The predicted octanol–water partition coefficient (Wildman–Crippen LogP) is 3.55. The first kappa shape index (κ1) is 14.1. The molecule has 2 rings (SSSR count). The molecular formula is C14H14BrNO2S. The van der Waals surface area contributed by atoms with Crippen LogP contribution in [-0.2, 0) is 11.3 Å². The van der Waals surface area contributed by atoms with Crippen LogP contribution in [0.1, 0.15) is 4.88 Å². The summed E-state index contributed by atoms with van der Waals surface area (Å²) < 4.78 is 6.51. The molecular weight excluding hydrogens is 326 g/mol. The first-order valence-electron chi connectivity index (χ1n) is 5.81. The molecule has 0 bridgehead atoms. The standard InChI is InChI=1S/C14H14BrNO2S/c1-16(9-12-7-8-13(15)19-12)14(17)10-18-11-5-3-2-4-6-11/h2-8H,9-10H2,1H3. The van der Waals surface area contributed by atoms with Crippen molar-refractivity contribution in [3.63, 3.8) is 0 Å². The lowest BCUT2D eigenvalue weighted by Gasteiger charge is -2.16. The number of para-hydroxylation sites is 1. The maximum absolute atomic E-state index is 11.9. The van der Waals surface area contributed by atoms with Gasteiger partial charge in [-0.25, -0.2) is 0 Å². The maximum atomic E-state index is 11.9. The number of nitrogens with zero attached hydrogens (tertiary/aromatic N) is 1. The van der Waals surface area contributed by atoms with Crippen LogP contribution in [0.25, 0.3) is 0 Å². The van der Waals surface area contributed by atoms with Crippen molar-refractivity contribution in [2.45, 2.75) is 6.54 Å². The van der Waals surface area contributed by atoms with Gasteiger partial charge in [-0.1, -0.05) is 18.2 Å². The molecule has 3 nitrogen and oxygen atoms in total. The molecule has 5 heteroatoms. The zero-order chi connectivity index (χ0) is 13.7. The second-order valence-corrected chi connectivity index (χ2v) is 6.60. The molecule has 0 unspecified atom stereocenters. The van der Waals surface area contributed by atoms with E-state index >= 15 is 0 Å². The number of likely N-dealkylation sites (N-methyl/N-ethyl adjacent to an activating group) is 1. The van der Waals surface area contributed by atoms with Crippen LogP contribution < -0.4 is 4.74 Å². The molecule has 100 valence electrons. The van der Waals surface area contributed by atoms with E-state index in [0.717, 1.165) is 8.66 Å². The lowest BCUT2D eigenvalue weighted by Crippen LogP contribution is -2.30. The Labute approximate surface area is 124 Å². The van der Waals surface area contributed by atoms with Crippen LogP contribution in [0.3, 0.4) is 0 Å². The second kappa shape index (κ2) is 6.73. The van der Waals surface area contributed by atoms with Crippen molar-refractivity contribution >= 4 is 33.2 Å². The van der Waals surface area contributed by atoms with Gasteiger partial charge >= 0.3 is 0 Å². The molecule has 0 atom stereocenters. The van der Waals surface area contributed by atoms with Crippen LogP contribution >= 0.6 is 27.3 Å². The first-order chi connectivity index (χ1) is 9.15. The molecule has 1 aromatic carbocycles. The zero-order valence-electron chi connectivity index (χ0n) is 10.5. The van der Waals surface area contributed by atoms with E-state index in [2.05, 4.69) is 15.9 Å². The van der Waals surface area contributed by atoms with Gasteiger partial charge in [0.05, 0.1) is 10.3 Å². The van der Waals surface area contributed by atoms with E-state index in [1.54, 1.807) is 23.3 Å². The van der Waals surface area contributed by atoms with E-state index in [9.17, 15) is 4.79 Å². The van der Waals surface area contributed by atoms with E-state index in [0.29, 0.717) is 12.3 Å². The number of amides is 1. The first-order valence-corrected chi connectivity index (χ1v) is 7.42. The SMILES string of the molecule is CN(Cc1ccc(Br)s1)C(=O)COc1ccccc1. The normalized spacial score (nSPS) is 10.2. The van der Waals surface area contributed by atoms with E-state index in [-0.39, 0.29) is 12.5 Å². The Kier molecular flexibility index (Phi) is 4.99. The Hall–Kier alpha value is -1.33. The van der Waals surface area contributed by atoms with Gasteiger partial charge in [-0.15, -0.1) is 11.3 Å². The van der Waals surface area contributed by atoms with Crippen LogP contribution in [0, 0.1) is 0 Å². The summed E-state index contributed by atoms with van der Waals surface area (Å²) >= 11 is 5.04. The summed E-state index contributed by atoms with van der Waals surface area (Å²) in [5.74, 6) is 0.677. The van der Waals surface area contributed by atoms with Gasteiger partial charge in [-0.3, -0.25) is 4.79 Å². The number of rotatable bonds is 5. The Morgan fingerprint density at radius 3 is 2.63 bits per heavy atom. The fourth-order valence-electron chi connectivity index (χ4n) is 1.53. The Balaban J connectivity index is 1.82. The highest BCUT2D eigenvalue weighted by Gasteiger charge is 2.11. The summed E-state index contributed by atoms with van der Waals surface area (Å²) in [4.78, 5) is 14.7. The quantitative estimate of drug-likeness (QED) is 0.833. The Morgan fingerprint density at radius 1 is 1.26 bits per heavy atom. The average Bonchev–Trinajstić information content (AvgIpc) is 2.82. The van der Waals surface area contributed by atoms with Crippen LogP contribution in [-0.4, -0.2) is 24.5 Å². The van der Waals surface area contributed by atoms with E-state index in [1.165, 1.54) is 0 Å². The largest absolute Gasteiger partial charge is 0.484 e. The molecule has 19 heavy (non-hydrogen) atoms. The number of hydrogen-bond donors (Lipinski definition) is 0. The van der Waals surface area contributed by atoms with Gasteiger partial charge in [0.25, 0.3) is 5.91 Å². The third kappa shape index (κ3) is 4.36. The molecule has 0 aliphatic carbocycles. The minimum atomic E-state index is -0.0339. The number of halogens is 1. The van der Waals surface area contributed by atoms with Crippen molar-refractivity contribution in [3.8, 4) is 5.75 Å². The molecule has 2 aromatic rings. The summed E-state index contributed by atoms with van der Waals surface area (Å²) in [6.45, 7) is 0.667. The molecule has 1 amide bonds. The monoisotopic (exact) mass is 339 g/mol. The maximum Gasteiger partial charge on any atom is 0.260 e. The van der Waals surface area contributed by atoms with Crippen molar-refractivity contribution in [1.82, 2.24) is 4.90 Å². The molecule has 0 saturated heterocycles. The van der Waals surface area contributed by atoms with Crippen LogP contribution in [0.15, 0.2) is 46.3 Å². The smallest absolute Gasteiger partial charge is 0.260 e. The Bertz CT molecular complexity index is 541. The minimum absolute atomic E-state index is 0.0339. The summed E-state index contributed by atoms with van der Waals surface area (Å²) in [5.41, 5.74) is 0. The van der Waals surface area contributed by atoms with E-state index in [1.807, 2.05) is 42.5 Å². The number of carbonyl (C=O) groups excluding carboxylic acids is 1. The van der Waals surface area contributed by atoms with E-state index in [4.69, 9.17) is 4.74 Å². The topological polar surface area (TPSA) is 29.5 Å². The third-order valence-electron chi connectivity index (χ3n) is 2.55. The summed E-state index contributed by atoms with van der Waals surface area (Å²) in [6, 6.07) is 13.3. The van der Waals surface area contributed by atoms with Crippen molar-refractivity contribution in [3.05, 3.63) is 51.1 Å². The van der Waals surface area contributed by atoms with Crippen molar-refractivity contribution in [1.29, 1.82) is 0 Å². The van der Waals surface area contributed by atoms with Crippen LogP contribution in [0.4, 0.5) is 0 Å². The fraction of sp³-hybridized carbons (Fsp3) is 0.214. The Morgan fingerprint density at radius 2 is 2.00 bits per heavy atom. The summed E-state index contributed by atoms with van der Waals surface area (Å²) in [5, 5.41) is 0. The van der Waals surface area contributed by atoms with Gasteiger partial charge in [0, 0.05) is 11.9 Å². The average molecular weight is 340 g/mol. The van der Waals surface area contributed by atoms with Gasteiger partial charge < -0.3 is 9.64 Å². The van der Waals surface area contributed by atoms with Gasteiger partial charge in [0.15, 0.2) is 6.61 Å². The summed E-state index contributed by atoms with van der Waals surface area (Å²) in [6.07, 6.45) is 0. The number of benzene rings is 1. The molecule has 0 saturated carbocycles. The molecule has 0 aliphatic heterocycles. The number of hydrogen-bond acceptors (Lipinski definition) is 3. The highest BCUT2D eigenvalue weighted by molar-refractivity contribution is 9.11. The van der Waals surface area contributed by atoms with Gasteiger partial charge in [-0.2, -0.15) is 0 Å². The van der Waals surface area contributed by atoms with Crippen molar-refractivity contribution in [2.75, 3.05) is 13.7 Å². The molecule has 0 radical (unpaired) electrons. The fourth-order valence-corrected chi connectivity index (χ4v) is 3.07. The van der Waals surface area contributed by atoms with Crippen molar-refractivity contribution in [2.24, 2.45) is 0 Å². The minimum Gasteiger partial charge on any atom is -0.484 e. The van der Waals surface area contributed by atoms with Gasteiger partial charge in [-0.05, 0) is 40.2 Å². The van der Waals surface area contributed by atoms with Crippen LogP contribution in [0.5, 0.6) is 5.75 Å². The van der Waals surface area contributed by atoms with Gasteiger partial charge in [0.2, 0.25) is 0 Å². The highest BCUT2D eigenvalue weighted by Crippen LogP contribution is 2.23. The molecule has 1 aromatic heterocycles.